The van der Waals surface area contributed by atoms with Gasteiger partial charge in [-0.15, -0.1) is 12.4 Å². The van der Waals surface area contributed by atoms with E-state index in [0.717, 1.165) is 25.8 Å². The number of ether oxygens (including phenoxy) is 1. The van der Waals surface area contributed by atoms with Gasteiger partial charge in [0.1, 0.15) is 0 Å². The second kappa shape index (κ2) is 8.08. The summed E-state index contributed by atoms with van der Waals surface area (Å²) in [7, 11) is 1.73. The molecule has 1 amide bonds. The van der Waals surface area contributed by atoms with Gasteiger partial charge in [-0.3, -0.25) is 4.79 Å². The van der Waals surface area contributed by atoms with Crippen LogP contribution in [-0.4, -0.2) is 43.7 Å². The summed E-state index contributed by atoms with van der Waals surface area (Å²) in [4.78, 5) is 14.6. The van der Waals surface area contributed by atoms with Gasteiger partial charge in [-0.25, -0.2) is 0 Å². The molecule has 1 heterocycles. The molecule has 0 spiro atoms. The fourth-order valence-electron chi connectivity index (χ4n) is 2.79. The predicted octanol–water partition coefficient (Wildman–Crippen LogP) is 2.06. The topological polar surface area (TPSA) is 55.6 Å². The second-order valence-corrected chi connectivity index (χ2v) is 5.48. The zero-order chi connectivity index (χ0) is 13.8. The largest absolute Gasteiger partial charge is 0.379 e. The van der Waals surface area contributed by atoms with Gasteiger partial charge in [0.25, 0.3) is 0 Å². The number of carbonyl (C=O) groups is 1. The third kappa shape index (κ3) is 3.83. The second-order valence-electron chi connectivity index (χ2n) is 5.48. The van der Waals surface area contributed by atoms with E-state index in [0.29, 0.717) is 19.0 Å². The summed E-state index contributed by atoms with van der Waals surface area (Å²) in [6, 6.07) is 0. The molecular formula is C14H29ClN2O2. The quantitative estimate of drug-likeness (QED) is 0.844. The first-order valence-electron chi connectivity index (χ1n) is 7.06. The van der Waals surface area contributed by atoms with Gasteiger partial charge in [-0.2, -0.15) is 0 Å². The lowest BCUT2D eigenvalue weighted by atomic mass is 9.80. The Kier molecular flexibility index (Phi) is 7.94. The van der Waals surface area contributed by atoms with E-state index in [2.05, 4.69) is 20.8 Å². The van der Waals surface area contributed by atoms with Crippen LogP contribution in [0.25, 0.3) is 0 Å². The summed E-state index contributed by atoms with van der Waals surface area (Å²) in [5.41, 5.74) is 5.48. The normalized spacial score (nSPS) is 23.9. The number of nitrogens with zero attached hydrogens (tertiary/aromatic N) is 1. The lowest BCUT2D eigenvalue weighted by molar-refractivity contribution is -0.147. The van der Waals surface area contributed by atoms with Crippen LogP contribution in [0.2, 0.25) is 0 Å². The van der Waals surface area contributed by atoms with Crippen molar-refractivity contribution in [2.45, 2.75) is 46.1 Å². The van der Waals surface area contributed by atoms with Crippen molar-refractivity contribution in [2.24, 2.45) is 17.1 Å². The molecule has 4 nitrogen and oxygen atoms in total. The molecule has 1 saturated heterocycles. The minimum absolute atomic E-state index is 0. The number of carbonyl (C=O) groups excluding carboxylic acids is 1. The summed E-state index contributed by atoms with van der Waals surface area (Å²) in [6.07, 6.45) is 2.79. The van der Waals surface area contributed by atoms with Crippen molar-refractivity contribution in [2.75, 3.05) is 26.7 Å². The molecule has 0 radical (unpaired) electrons. The number of amides is 1. The van der Waals surface area contributed by atoms with Crippen LogP contribution in [0.1, 0.15) is 40.0 Å². The molecule has 0 aromatic heterocycles. The van der Waals surface area contributed by atoms with E-state index >= 15 is 0 Å². The Morgan fingerprint density at radius 1 is 1.42 bits per heavy atom. The van der Waals surface area contributed by atoms with Crippen LogP contribution < -0.4 is 5.73 Å². The van der Waals surface area contributed by atoms with E-state index in [9.17, 15) is 4.79 Å². The zero-order valence-corrected chi connectivity index (χ0v) is 13.5. The third-order valence-corrected chi connectivity index (χ3v) is 4.68. The molecule has 0 bridgehead atoms. The predicted molar refractivity (Wildman–Crippen MR) is 80.5 cm³/mol. The van der Waals surface area contributed by atoms with Crippen molar-refractivity contribution >= 4 is 18.3 Å². The first-order chi connectivity index (χ1) is 8.54. The number of methoxy groups -OCH3 is 1. The van der Waals surface area contributed by atoms with Crippen molar-refractivity contribution in [1.82, 2.24) is 4.90 Å². The SMILES string of the molecule is CCC(CC)(CN)C(=O)N1CCC(C)C(OC)C1.Cl. The number of likely N-dealkylation sites (tertiary alicyclic amines) is 1. The van der Waals surface area contributed by atoms with Crippen LogP contribution in [0.15, 0.2) is 0 Å². The molecule has 1 fully saturated rings. The maximum atomic E-state index is 12.7. The Labute approximate surface area is 123 Å². The lowest BCUT2D eigenvalue weighted by Crippen LogP contribution is -2.53. The van der Waals surface area contributed by atoms with Gasteiger partial charge in [-0.1, -0.05) is 20.8 Å². The fourth-order valence-corrected chi connectivity index (χ4v) is 2.79. The third-order valence-electron chi connectivity index (χ3n) is 4.68. The molecule has 0 saturated carbocycles. The number of hydrogen-bond acceptors (Lipinski definition) is 3. The van der Waals surface area contributed by atoms with Crippen LogP contribution >= 0.6 is 12.4 Å². The highest BCUT2D eigenvalue weighted by Gasteiger charge is 2.39. The molecule has 114 valence electrons. The van der Waals surface area contributed by atoms with Gasteiger partial charge >= 0.3 is 0 Å². The highest BCUT2D eigenvalue weighted by atomic mass is 35.5. The standard InChI is InChI=1S/C14H28N2O2.ClH/c1-5-14(6-2,10-15)13(17)16-8-7-11(3)12(9-16)18-4;/h11-12H,5-10,15H2,1-4H3;1H. The summed E-state index contributed by atoms with van der Waals surface area (Å²) in [5.74, 6) is 0.735. The van der Waals surface area contributed by atoms with E-state index in [1.807, 2.05) is 4.90 Å². The van der Waals surface area contributed by atoms with Crippen LogP contribution in [-0.2, 0) is 9.53 Å². The monoisotopic (exact) mass is 292 g/mol. The van der Waals surface area contributed by atoms with Gasteiger partial charge in [-0.05, 0) is 25.2 Å². The molecular weight excluding hydrogens is 264 g/mol. The Bertz CT molecular complexity index is 274. The highest BCUT2D eigenvalue weighted by Crippen LogP contribution is 2.30. The van der Waals surface area contributed by atoms with E-state index in [1.165, 1.54) is 0 Å². The van der Waals surface area contributed by atoms with Crippen molar-refractivity contribution in [3.8, 4) is 0 Å². The molecule has 0 aromatic rings. The van der Waals surface area contributed by atoms with Gasteiger partial charge in [0.15, 0.2) is 0 Å². The first kappa shape index (κ1) is 18.7. The van der Waals surface area contributed by atoms with Crippen molar-refractivity contribution in [3.63, 3.8) is 0 Å². The molecule has 0 aromatic carbocycles. The molecule has 1 aliphatic heterocycles. The Morgan fingerprint density at radius 2 is 2.00 bits per heavy atom. The Morgan fingerprint density at radius 3 is 2.42 bits per heavy atom. The minimum Gasteiger partial charge on any atom is -0.379 e. The first-order valence-corrected chi connectivity index (χ1v) is 7.06. The highest BCUT2D eigenvalue weighted by molar-refractivity contribution is 5.85. The van der Waals surface area contributed by atoms with Crippen molar-refractivity contribution in [3.05, 3.63) is 0 Å². The van der Waals surface area contributed by atoms with Crippen molar-refractivity contribution < 1.29 is 9.53 Å². The summed E-state index contributed by atoms with van der Waals surface area (Å²) < 4.78 is 5.47. The molecule has 2 N–H and O–H groups in total. The number of halogens is 1. The summed E-state index contributed by atoms with van der Waals surface area (Å²) >= 11 is 0. The summed E-state index contributed by atoms with van der Waals surface area (Å²) in [6.45, 7) is 8.26. The van der Waals surface area contributed by atoms with Gasteiger partial charge in [0, 0.05) is 26.7 Å². The number of piperidine rings is 1. The molecule has 19 heavy (non-hydrogen) atoms. The maximum Gasteiger partial charge on any atom is 0.230 e. The smallest absolute Gasteiger partial charge is 0.230 e. The lowest BCUT2D eigenvalue weighted by Gasteiger charge is -2.41. The minimum atomic E-state index is -0.376. The van der Waals surface area contributed by atoms with Gasteiger partial charge in [0.2, 0.25) is 5.91 Å². The number of rotatable bonds is 5. The number of nitrogens with two attached hydrogens (primary N) is 1. The van der Waals surface area contributed by atoms with Crippen LogP contribution in [0.5, 0.6) is 0 Å². The van der Waals surface area contributed by atoms with Crippen LogP contribution in [0.4, 0.5) is 0 Å². The van der Waals surface area contributed by atoms with Crippen molar-refractivity contribution in [1.29, 1.82) is 0 Å². The summed E-state index contributed by atoms with van der Waals surface area (Å²) in [5, 5.41) is 0. The van der Waals surface area contributed by atoms with Gasteiger partial charge in [0.05, 0.1) is 11.5 Å². The van der Waals surface area contributed by atoms with Crippen LogP contribution in [0.3, 0.4) is 0 Å². The maximum absolute atomic E-state index is 12.7. The molecule has 5 heteroatoms. The Balaban J connectivity index is 0.00000324. The Hall–Kier alpha value is -0.320. The molecule has 1 rings (SSSR count). The van der Waals surface area contributed by atoms with E-state index in [-0.39, 0.29) is 29.8 Å². The molecule has 0 aliphatic carbocycles. The zero-order valence-electron chi connectivity index (χ0n) is 12.6. The van der Waals surface area contributed by atoms with E-state index in [4.69, 9.17) is 10.5 Å². The number of hydrogen-bond donors (Lipinski definition) is 1. The van der Waals surface area contributed by atoms with Gasteiger partial charge < -0.3 is 15.4 Å². The average molecular weight is 293 g/mol. The van der Waals surface area contributed by atoms with Crippen LogP contribution in [0, 0.1) is 11.3 Å². The molecule has 2 atom stereocenters. The van der Waals surface area contributed by atoms with E-state index in [1.54, 1.807) is 7.11 Å². The molecule has 1 aliphatic rings. The fraction of sp³-hybridized carbons (Fsp3) is 0.929. The molecule has 2 unspecified atom stereocenters. The average Bonchev–Trinajstić information content (AvgIpc) is 2.41. The van der Waals surface area contributed by atoms with E-state index < -0.39 is 0 Å².